The van der Waals surface area contributed by atoms with Crippen molar-refractivity contribution >= 4 is 44.5 Å². The second kappa shape index (κ2) is 8.08. The average Bonchev–Trinajstić information content (AvgIpc) is 3.41. The van der Waals surface area contributed by atoms with Gasteiger partial charge in [-0.1, -0.05) is 0 Å². The van der Waals surface area contributed by atoms with Crippen molar-refractivity contribution in [3.8, 4) is 11.3 Å². The summed E-state index contributed by atoms with van der Waals surface area (Å²) in [5.41, 5.74) is 9.00. The van der Waals surface area contributed by atoms with Crippen LogP contribution >= 0.6 is 0 Å². The van der Waals surface area contributed by atoms with Crippen LogP contribution in [0.15, 0.2) is 40.2 Å². The van der Waals surface area contributed by atoms with E-state index in [1.165, 1.54) is 18.2 Å². The van der Waals surface area contributed by atoms with Crippen LogP contribution in [-0.2, 0) is 16.4 Å². The van der Waals surface area contributed by atoms with Crippen LogP contribution in [0, 0.1) is 11.6 Å². The molecule has 0 fully saturated rings. The fourth-order valence-electron chi connectivity index (χ4n) is 4.00. The first-order chi connectivity index (χ1) is 16.5. The van der Waals surface area contributed by atoms with E-state index in [2.05, 4.69) is 20.3 Å². The van der Waals surface area contributed by atoms with Crippen molar-refractivity contribution < 1.29 is 17.2 Å². The number of hydrogen-bond acceptors (Lipinski definition) is 8. The number of nitrogens with one attached hydrogen (secondary N) is 1. The number of benzene rings is 2. The summed E-state index contributed by atoms with van der Waals surface area (Å²) in [4.78, 5) is 12.9. The lowest BCUT2D eigenvalue weighted by atomic mass is 9.99. The number of nitrogens with zero attached hydrogens (tertiary/aromatic N) is 5. The Morgan fingerprint density at radius 2 is 1.89 bits per heavy atom. The van der Waals surface area contributed by atoms with Crippen molar-refractivity contribution in [2.75, 3.05) is 17.3 Å². The molecule has 12 heteroatoms. The molecule has 35 heavy (non-hydrogen) atoms. The number of rotatable bonds is 5. The third-order valence-electron chi connectivity index (χ3n) is 5.71. The molecule has 0 unspecified atom stereocenters. The summed E-state index contributed by atoms with van der Waals surface area (Å²) in [7, 11) is -3.56. The minimum atomic E-state index is -3.56. The van der Waals surface area contributed by atoms with Gasteiger partial charge in [-0.15, -0.1) is 0 Å². The maximum absolute atomic E-state index is 14.6. The minimum absolute atomic E-state index is 0.0141. The minimum Gasteiger partial charge on any atom is -0.383 e. The van der Waals surface area contributed by atoms with Gasteiger partial charge in [-0.3, -0.25) is 4.99 Å². The molecule has 3 heterocycles. The zero-order valence-corrected chi connectivity index (χ0v) is 19.9. The molecule has 1 aliphatic rings. The predicted molar refractivity (Wildman–Crippen MR) is 130 cm³/mol. The highest BCUT2D eigenvalue weighted by Gasteiger charge is 2.25. The molecule has 1 aliphatic heterocycles. The highest BCUT2D eigenvalue weighted by molar-refractivity contribution is 7.90. The fourth-order valence-corrected chi connectivity index (χ4v) is 4.63. The molecule has 5 rings (SSSR count). The number of nitrogen functional groups attached to an aromatic ring is 1. The lowest BCUT2D eigenvalue weighted by Crippen LogP contribution is -2.07. The van der Waals surface area contributed by atoms with Gasteiger partial charge < -0.3 is 11.1 Å². The van der Waals surface area contributed by atoms with Crippen LogP contribution in [0.3, 0.4) is 0 Å². The molecule has 2 aromatic carbocycles. The summed E-state index contributed by atoms with van der Waals surface area (Å²) >= 11 is 0. The Bertz CT molecular complexity index is 1650. The van der Waals surface area contributed by atoms with Crippen LogP contribution in [0.5, 0.6) is 0 Å². The summed E-state index contributed by atoms with van der Waals surface area (Å²) < 4.78 is 53.9. The van der Waals surface area contributed by atoms with E-state index >= 15 is 0 Å². The maximum atomic E-state index is 14.6. The lowest BCUT2D eigenvalue weighted by Gasteiger charge is -2.10. The summed E-state index contributed by atoms with van der Waals surface area (Å²) in [5, 5.41) is 7.96. The first kappa shape index (κ1) is 22.8. The quantitative estimate of drug-likeness (QED) is 0.426. The maximum Gasteiger partial charge on any atom is 0.231 e. The van der Waals surface area contributed by atoms with Gasteiger partial charge in [0, 0.05) is 35.2 Å². The van der Waals surface area contributed by atoms with E-state index in [-0.39, 0.29) is 40.8 Å². The number of halogens is 2. The van der Waals surface area contributed by atoms with Gasteiger partial charge >= 0.3 is 0 Å². The number of hydrogen-bond donors (Lipinski definition) is 2. The Hall–Kier alpha value is -3.93. The molecule has 0 atom stereocenters. The second-order valence-corrected chi connectivity index (χ2v) is 10.5. The number of aromatic nitrogens is 4. The summed E-state index contributed by atoms with van der Waals surface area (Å²) in [6.45, 7) is 4.09. The summed E-state index contributed by atoms with van der Waals surface area (Å²) in [6, 6.07) is 6.40. The molecule has 2 aromatic heterocycles. The van der Waals surface area contributed by atoms with Gasteiger partial charge in [0.25, 0.3) is 0 Å². The zero-order chi connectivity index (χ0) is 25.1. The Labute approximate surface area is 199 Å². The van der Waals surface area contributed by atoms with Crippen LogP contribution in [0.25, 0.3) is 22.3 Å². The molecule has 180 valence electrons. The van der Waals surface area contributed by atoms with Gasteiger partial charge in [0.1, 0.15) is 23.1 Å². The molecule has 0 radical (unpaired) electrons. The Balaban J connectivity index is 1.64. The third kappa shape index (κ3) is 3.89. The first-order valence-corrected chi connectivity index (χ1v) is 12.6. The van der Waals surface area contributed by atoms with E-state index in [4.69, 9.17) is 10.8 Å². The standard InChI is InChI=1S/C23H21F2N7O2S/c1-11(2)32-22-19(20(31-32)13-5-6-16(24)15-10-27-9-14(13)15)21(26)29-23(30-22)28-18-7-4-12(8-17(18)25)35(3,33)34/h4-9,11H,10H2,1-3H3,(H3,26,28,29,30). The van der Waals surface area contributed by atoms with Gasteiger partial charge in [-0.25, -0.2) is 21.9 Å². The molecular formula is C23H21F2N7O2S. The largest absolute Gasteiger partial charge is 0.383 e. The molecule has 0 bridgehead atoms. The molecule has 0 spiro atoms. The molecule has 0 saturated heterocycles. The molecule has 0 saturated carbocycles. The van der Waals surface area contributed by atoms with E-state index in [0.29, 0.717) is 33.4 Å². The van der Waals surface area contributed by atoms with Crippen LogP contribution < -0.4 is 11.1 Å². The molecular weight excluding hydrogens is 476 g/mol. The molecule has 4 aromatic rings. The number of aliphatic imine (C=N–C) groups is 1. The molecule has 9 nitrogen and oxygen atoms in total. The number of sulfone groups is 1. The molecule has 0 aliphatic carbocycles. The normalized spacial score (nSPS) is 13.1. The van der Waals surface area contributed by atoms with Crippen LogP contribution in [0.2, 0.25) is 0 Å². The van der Waals surface area contributed by atoms with E-state index < -0.39 is 15.7 Å². The number of fused-ring (bicyclic) bond motifs is 2. The summed E-state index contributed by atoms with van der Waals surface area (Å²) in [6.07, 6.45) is 2.61. The van der Waals surface area contributed by atoms with E-state index in [9.17, 15) is 17.2 Å². The van der Waals surface area contributed by atoms with Crippen molar-refractivity contribution in [3.05, 3.63) is 53.1 Å². The van der Waals surface area contributed by atoms with E-state index in [1.54, 1.807) is 17.0 Å². The highest BCUT2D eigenvalue weighted by Crippen LogP contribution is 2.37. The predicted octanol–water partition coefficient (Wildman–Crippen LogP) is 4.01. The van der Waals surface area contributed by atoms with Crippen LogP contribution in [-0.4, -0.2) is 40.6 Å². The first-order valence-electron chi connectivity index (χ1n) is 10.7. The molecule has 0 amide bonds. The Kier molecular flexibility index (Phi) is 5.28. The number of anilines is 3. The monoisotopic (exact) mass is 497 g/mol. The van der Waals surface area contributed by atoms with Gasteiger partial charge in [0.05, 0.1) is 22.5 Å². The van der Waals surface area contributed by atoms with Crippen molar-refractivity contribution in [1.29, 1.82) is 0 Å². The summed E-state index contributed by atoms with van der Waals surface area (Å²) in [5.74, 6) is -1.01. The third-order valence-corrected chi connectivity index (χ3v) is 6.82. The van der Waals surface area contributed by atoms with Gasteiger partial charge in [0.2, 0.25) is 5.95 Å². The Morgan fingerprint density at radius 1 is 1.11 bits per heavy atom. The van der Waals surface area contributed by atoms with Crippen molar-refractivity contribution in [1.82, 2.24) is 19.7 Å². The van der Waals surface area contributed by atoms with Crippen LogP contribution in [0.1, 0.15) is 31.0 Å². The van der Waals surface area contributed by atoms with Crippen molar-refractivity contribution in [2.24, 2.45) is 4.99 Å². The lowest BCUT2D eigenvalue weighted by molar-refractivity contribution is 0.548. The van der Waals surface area contributed by atoms with Gasteiger partial charge in [-0.2, -0.15) is 15.1 Å². The highest BCUT2D eigenvalue weighted by atomic mass is 32.2. The second-order valence-electron chi connectivity index (χ2n) is 8.51. The van der Waals surface area contributed by atoms with Gasteiger partial charge in [-0.05, 0) is 44.2 Å². The van der Waals surface area contributed by atoms with Crippen molar-refractivity contribution in [3.63, 3.8) is 0 Å². The Morgan fingerprint density at radius 3 is 2.57 bits per heavy atom. The van der Waals surface area contributed by atoms with Gasteiger partial charge in [0.15, 0.2) is 15.5 Å². The van der Waals surface area contributed by atoms with E-state index in [1.807, 2.05) is 13.8 Å². The fraction of sp³-hybridized carbons (Fsp3) is 0.217. The average molecular weight is 498 g/mol. The SMILES string of the molecule is CC(C)n1nc(-c2ccc(F)c3c2C=NC3)c2c(N)nc(Nc3ccc(S(C)(=O)=O)cc3F)nc21. The van der Waals surface area contributed by atoms with E-state index in [0.717, 1.165) is 12.3 Å². The topological polar surface area (TPSA) is 128 Å². The van der Waals surface area contributed by atoms with Crippen molar-refractivity contribution in [2.45, 2.75) is 31.3 Å². The zero-order valence-electron chi connectivity index (χ0n) is 19.0. The molecule has 3 N–H and O–H groups in total. The smallest absolute Gasteiger partial charge is 0.231 e. The number of nitrogens with two attached hydrogens (primary N) is 1. The van der Waals surface area contributed by atoms with Crippen LogP contribution in [0.4, 0.5) is 26.2 Å².